The van der Waals surface area contributed by atoms with E-state index in [1.165, 1.54) is 0 Å². The summed E-state index contributed by atoms with van der Waals surface area (Å²) in [5.74, 6) is 0.0168. The van der Waals surface area contributed by atoms with Gasteiger partial charge in [-0.05, 0) is 20.3 Å². The van der Waals surface area contributed by atoms with E-state index in [9.17, 15) is 4.79 Å². The maximum absolute atomic E-state index is 11.7. The number of aliphatic hydroxyl groups is 1. The lowest BCUT2D eigenvalue weighted by molar-refractivity contribution is -0.124. The van der Waals surface area contributed by atoms with Crippen LogP contribution >= 0.6 is 0 Å². The van der Waals surface area contributed by atoms with Crippen LogP contribution in [0.1, 0.15) is 20.3 Å². The molecule has 6 nitrogen and oxygen atoms in total. The van der Waals surface area contributed by atoms with Crippen molar-refractivity contribution >= 4 is 5.91 Å². The molecule has 1 atom stereocenters. The van der Waals surface area contributed by atoms with Crippen LogP contribution in [0, 0.1) is 0 Å². The highest BCUT2D eigenvalue weighted by atomic mass is 16.5. The third-order valence-corrected chi connectivity index (χ3v) is 2.89. The first-order valence-electron chi connectivity index (χ1n) is 6.95. The van der Waals surface area contributed by atoms with Gasteiger partial charge in [0.05, 0.1) is 32.0 Å². The Morgan fingerprint density at radius 3 is 3.05 bits per heavy atom. The first kappa shape index (κ1) is 16.4. The maximum Gasteiger partial charge on any atom is 0.234 e. The Balaban J connectivity index is 2.07. The predicted octanol–water partition coefficient (Wildman–Crippen LogP) is -0.389. The molecule has 19 heavy (non-hydrogen) atoms. The number of amides is 1. The van der Waals surface area contributed by atoms with Crippen molar-refractivity contribution in [2.75, 3.05) is 46.0 Å². The topological polar surface area (TPSA) is 71.0 Å². The SMILES string of the molecule is CC(C)OCCCNC(=O)CN1CCOC(CO)C1. The lowest BCUT2D eigenvalue weighted by Gasteiger charge is -2.31. The van der Waals surface area contributed by atoms with Crippen LogP contribution in [-0.4, -0.2) is 74.1 Å². The highest BCUT2D eigenvalue weighted by Gasteiger charge is 2.21. The summed E-state index contributed by atoms with van der Waals surface area (Å²) in [6.45, 7) is 7.58. The molecule has 0 aromatic rings. The van der Waals surface area contributed by atoms with E-state index in [1.807, 2.05) is 18.7 Å². The summed E-state index contributed by atoms with van der Waals surface area (Å²) in [4.78, 5) is 13.7. The Hall–Kier alpha value is -0.690. The summed E-state index contributed by atoms with van der Waals surface area (Å²) in [6, 6.07) is 0. The van der Waals surface area contributed by atoms with Gasteiger partial charge in [-0.2, -0.15) is 0 Å². The molecule has 0 aromatic carbocycles. The molecular weight excluding hydrogens is 248 g/mol. The van der Waals surface area contributed by atoms with E-state index in [4.69, 9.17) is 14.6 Å². The number of hydrogen-bond donors (Lipinski definition) is 2. The molecule has 0 bridgehead atoms. The van der Waals surface area contributed by atoms with Crippen LogP contribution in [0.25, 0.3) is 0 Å². The average Bonchev–Trinajstić information content (AvgIpc) is 2.38. The number of morpholine rings is 1. The quantitative estimate of drug-likeness (QED) is 0.590. The molecular formula is C13H26N2O4. The molecule has 1 heterocycles. The Morgan fingerprint density at radius 1 is 1.58 bits per heavy atom. The molecule has 1 amide bonds. The minimum atomic E-state index is -0.166. The number of ether oxygens (including phenoxy) is 2. The standard InChI is InChI=1S/C13H26N2O4/c1-11(2)18-6-3-4-14-13(17)9-15-5-7-19-12(8-15)10-16/h11-12,16H,3-10H2,1-2H3,(H,14,17). The second-order valence-electron chi connectivity index (χ2n) is 5.03. The minimum Gasteiger partial charge on any atom is -0.394 e. The fraction of sp³-hybridized carbons (Fsp3) is 0.923. The van der Waals surface area contributed by atoms with Gasteiger partial charge in [0.25, 0.3) is 0 Å². The highest BCUT2D eigenvalue weighted by molar-refractivity contribution is 5.77. The van der Waals surface area contributed by atoms with Crippen LogP contribution in [-0.2, 0) is 14.3 Å². The van der Waals surface area contributed by atoms with Gasteiger partial charge in [-0.3, -0.25) is 9.69 Å². The first-order valence-corrected chi connectivity index (χ1v) is 6.95. The number of nitrogens with one attached hydrogen (secondary N) is 1. The van der Waals surface area contributed by atoms with Crippen LogP contribution < -0.4 is 5.32 Å². The Kier molecular flexibility index (Phi) is 7.97. The summed E-state index contributed by atoms with van der Waals surface area (Å²) in [6.07, 6.45) is 0.896. The van der Waals surface area contributed by atoms with Gasteiger partial charge in [-0.1, -0.05) is 0 Å². The van der Waals surface area contributed by atoms with Crippen LogP contribution in [0.4, 0.5) is 0 Å². The van der Waals surface area contributed by atoms with Crippen molar-refractivity contribution in [3.8, 4) is 0 Å². The van der Waals surface area contributed by atoms with Crippen molar-refractivity contribution in [3.63, 3.8) is 0 Å². The smallest absolute Gasteiger partial charge is 0.234 e. The molecule has 1 fully saturated rings. The van der Waals surface area contributed by atoms with Gasteiger partial charge in [0, 0.05) is 26.2 Å². The van der Waals surface area contributed by atoms with Crippen molar-refractivity contribution in [1.82, 2.24) is 10.2 Å². The molecule has 1 unspecified atom stereocenters. The molecule has 2 N–H and O–H groups in total. The van der Waals surface area contributed by atoms with E-state index >= 15 is 0 Å². The molecule has 1 rings (SSSR count). The molecule has 0 radical (unpaired) electrons. The van der Waals surface area contributed by atoms with Crippen LogP contribution in [0.2, 0.25) is 0 Å². The Morgan fingerprint density at radius 2 is 2.37 bits per heavy atom. The zero-order valence-electron chi connectivity index (χ0n) is 11.9. The van der Waals surface area contributed by atoms with Crippen molar-refractivity contribution in [2.24, 2.45) is 0 Å². The Bertz CT molecular complexity index is 261. The van der Waals surface area contributed by atoms with Crippen molar-refractivity contribution in [1.29, 1.82) is 0 Å². The van der Waals surface area contributed by atoms with Gasteiger partial charge in [-0.25, -0.2) is 0 Å². The highest BCUT2D eigenvalue weighted by Crippen LogP contribution is 2.03. The fourth-order valence-corrected chi connectivity index (χ4v) is 1.91. The number of aliphatic hydroxyl groups excluding tert-OH is 1. The van der Waals surface area contributed by atoms with E-state index in [1.54, 1.807) is 0 Å². The van der Waals surface area contributed by atoms with E-state index in [0.717, 1.165) is 13.0 Å². The van der Waals surface area contributed by atoms with Crippen LogP contribution in [0.5, 0.6) is 0 Å². The largest absolute Gasteiger partial charge is 0.394 e. The Labute approximate surface area is 115 Å². The minimum absolute atomic E-state index is 0.00462. The lowest BCUT2D eigenvalue weighted by Crippen LogP contribution is -2.48. The third-order valence-electron chi connectivity index (χ3n) is 2.89. The molecule has 1 aliphatic rings. The van der Waals surface area contributed by atoms with E-state index in [-0.39, 0.29) is 24.7 Å². The van der Waals surface area contributed by atoms with Gasteiger partial charge in [0.1, 0.15) is 0 Å². The number of hydrogen-bond acceptors (Lipinski definition) is 5. The van der Waals surface area contributed by atoms with E-state index in [0.29, 0.717) is 32.8 Å². The van der Waals surface area contributed by atoms with Gasteiger partial charge < -0.3 is 19.9 Å². The van der Waals surface area contributed by atoms with E-state index < -0.39 is 0 Å². The maximum atomic E-state index is 11.7. The number of rotatable bonds is 8. The molecule has 1 saturated heterocycles. The number of carbonyl (C=O) groups excluding carboxylic acids is 1. The normalized spacial score (nSPS) is 20.7. The summed E-state index contributed by atoms with van der Waals surface area (Å²) >= 11 is 0. The number of nitrogens with zero attached hydrogens (tertiary/aromatic N) is 1. The van der Waals surface area contributed by atoms with Gasteiger partial charge in [-0.15, -0.1) is 0 Å². The summed E-state index contributed by atoms with van der Waals surface area (Å²) in [7, 11) is 0. The molecule has 1 aliphatic heterocycles. The monoisotopic (exact) mass is 274 g/mol. The second-order valence-corrected chi connectivity index (χ2v) is 5.03. The van der Waals surface area contributed by atoms with Gasteiger partial charge in [0.2, 0.25) is 5.91 Å². The summed E-state index contributed by atoms with van der Waals surface area (Å²) in [5.41, 5.74) is 0. The predicted molar refractivity (Wildman–Crippen MR) is 72.0 cm³/mol. The van der Waals surface area contributed by atoms with Crippen molar-refractivity contribution < 1.29 is 19.4 Å². The molecule has 6 heteroatoms. The lowest BCUT2D eigenvalue weighted by atomic mass is 10.3. The van der Waals surface area contributed by atoms with Crippen LogP contribution in [0.3, 0.4) is 0 Å². The van der Waals surface area contributed by atoms with Crippen LogP contribution in [0.15, 0.2) is 0 Å². The fourth-order valence-electron chi connectivity index (χ4n) is 1.91. The average molecular weight is 274 g/mol. The molecule has 0 aliphatic carbocycles. The molecule has 0 saturated carbocycles. The van der Waals surface area contributed by atoms with Gasteiger partial charge >= 0.3 is 0 Å². The van der Waals surface area contributed by atoms with Crippen molar-refractivity contribution in [3.05, 3.63) is 0 Å². The second kappa shape index (κ2) is 9.25. The van der Waals surface area contributed by atoms with E-state index in [2.05, 4.69) is 5.32 Å². The number of carbonyl (C=O) groups is 1. The molecule has 112 valence electrons. The first-order chi connectivity index (χ1) is 9.11. The molecule has 0 spiro atoms. The van der Waals surface area contributed by atoms with Crippen molar-refractivity contribution in [2.45, 2.75) is 32.5 Å². The summed E-state index contributed by atoms with van der Waals surface area (Å²) < 4.78 is 10.7. The zero-order valence-corrected chi connectivity index (χ0v) is 11.9. The van der Waals surface area contributed by atoms with Gasteiger partial charge in [0.15, 0.2) is 0 Å². The summed E-state index contributed by atoms with van der Waals surface area (Å²) in [5, 5.41) is 11.9. The zero-order chi connectivity index (χ0) is 14.1. The molecule has 0 aromatic heterocycles. The third kappa shape index (κ3) is 7.47.